The van der Waals surface area contributed by atoms with E-state index >= 15 is 0 Å². The van der Waals surface area contributed by atoms with E-state index in [1.54, 1.807) is 37.3 Å². The zero-order valence-electron chi connectivity index (χ0n) is 16.5. The third-order valence-corrected chi connectivity index (χ3v) is 5.20. The van der Waals surface area contributed by atoms with Crippen molar-refractivity contribution in [2.75, 3.05) is 18.5 Å². The van der Waals surface area contributed by atoms with Gasteiger partial charge in [0.1, 0.15) is 0 Å². The second-order valence-corrected chi connectivity index (χ2v) is 7.78. The second-order valence-electron chi connectivity index (χ2n) is 6.94. The number of ether oxygens (including phenoxy) is 1. The summed E-state index contributed by atoms with van der Waals surface area (Å²) in [6, 6.07) is 11.5. The Morgan fingerprint density at radius 3 is 2.65 bits per heavy atom. The van der Waals surface area contributed by atoms with Gasteiger partial charge in [-0.2, -0.15) is 0 Å². The molecule has 2 aromatic carbocycles. The van der Waals surface area contributed by atoms with Crippen LogP contribution in [0.4, 0.5) is 5.69 Å². The van der Waals surface area contributed by atoms with Gasteiger partial charge in [-0.3, -0.25) is 29.6 Å². The Labute approximate surface area is 188 Å². The van der Waals surface area contributed by atoms with Crippen LogP contribution in [-0.2, 0) is 19.1 Å². The number of hydrogen-bond acceptors (Lipinski definition) is 5. The van der Waals surface area contributed by atoms with Gasteiger partial charge in [-0.05, 0) is 36.8 Å². The van der Waals surface area contributed by atoms with Crippen LogP contribution in [0.5, 0.6) is 0 Å². The monoisotopic (exact) mass is 463 g/mol. The molecule has 10 heteroatoms. The molecule has 1 atom stereocenters. The minimum Gasteiger partial charge on any atom is -0.455 e. The zero-order valence-corrected chi connectivity index (χ0v) is 18.0. The van der Waals surface area contributed by atoms with Crippen LogP contribution in [0.1, 0.15) is 22.3 Å². The summed E-state index contributed by atoms with van der Waals surface area (Å²) in [6.45, 7) is 1.18. The highest BCUT2D eigenvalue weighted by molar-refractivity contribution is 6.35. The molecule has 0 radical (unpaired) electrons. The number of rotatable bonds is 6. The maximum Gasteiger partial charge on any atom is 0.311 e. The van der Waals surface area contributed by atoms with Gasteiger partial charge in [-0.1, -0.05) is 41.4 Å². The van der Waals surface area contributed by atoms with Crippen LogP contribution < -0.4 is 10.7 Å². The lowest BCUT2D eigenvalue weighted by molar-refractivity contribution is -0.151. The number of halogens is 2. The van der Waals surface area contributed by atoms with E-state index in [2.05, 4.69) is 10.7 Å². The normalized spacial score (nSPS) is 15.5. The van der Waals surface area contributed by atoms with E-state index in [1.807, 2.05) is 0 Å². The maximum absolute atomic E-state index is 12.4. The molecule has 3 rings (SSSR count). The lowest BCUT2D eigenvalue weighted by Crippen LogP contribution is -2.43. The highest BCUT2D eigenvalue weighted by Crippen LogP contribution is 2.25. The average molecular weight is 464 g/mol. The molecule has 1 aliphatic rings. The largest absolute Gasteiger partial charge is 0.455 e. The summed E-state index contributed by atoms with van der Waals surface area (Å²) in [4.78, 5) is 48.9. The average Bonchev–Trinajstić information content (AvgIpc) is 3.09. The fourth-order valence-corrected chi connectivity index (χ4v) is 3.36. The highest BCUT2D eigenvalue weighted by Gasteiger charge is 2.36. The minimum absolute atomic E-state index is 0.0446. The molecular weight excluding hydrogens is 445 g/mol. The molecule has 0 aromatic heterocycles. The van der Waals surface area contributed by atoms with Crippen LogP contribution in [0.15, 0.2) is 42.5 Å². The first-order valence-electron chi connectivity index (χ1n) is 9.33. The molecule has 2 aromatic rings. The molecule has 1 saturated heterocycles. The third kappa shape index (κ3) is 5.74. The van der Waals surface area contributed by atoms with E-state index in [1.165, 1.54) is 12.1 Å². The molecule has 1 heterocycles. The molecule has 31 heavy (non-hydrogen) atoms. The summed E-state index contributed by atoms with van der Waals surface area (Å²) in [5.41, 5.74) is 3.98. The molecule has 0 saturated carbocycles. The summed E-state index contributed by atoms with van der Waals surface area (Å²) in [6.07, 6.45) is -0.130. The Hall–Kier alpha value is -3.10. The Morgan fingerprint density at radius 1 is 1.16 bits per heavy atom. The highest BCUT2D eigenvalue weighted by atomic mass is 35.5. The molecule has 0 spiro atoms. The first kappa shape index (κ1) is 22.6. The van der Waals surface area contributed by atoms with Crippen LogP contribution in [0.25, 0.3) is 0 Å². The number of hydrogen-bond donors (Lipinski definition) is 2. The fraction of sp³-hybridized carbons (Fsp3) is 0.238. The van der Waals surface area contributed by atoms with Gasteiger partial charge in [-0.15, -0.1) is 0 Å². The van der Waals surface area contributed by atoms with Gasteiger partial charge >= 0.3 is 5.97 Å². The summed E-state index contributed by atoms with van der Waals surface area (Å²) in [5, 5.41) is 4.25. The van der Waals surface area contributed by atoms with Crippen molar-refractivity contribution in [1.29, 1.82) is 0 Å². The third-order valence-electron chi connectivity index (χ3n) is 4.63. The predicted molar refractivity (Wildman–Crippen MR) is 115 cm³/mol. The van der Waals surface area contributed by atoms with Gasteiger partial charge in [0, 0.05) is 17.0 Å². The van der Waals surface area contributed by atoms with Gasteiger partial charge in [0.2, 0.25) is 5.91 Å². The number of carbonyl (C=O) groups excluding carboxylic acids is 4. The van der Waals surface area contributed by atoms with E-state index in [4.69, 9.17) is 27.9 Å². The smallest absolute Gasteiger partial charge is 0.311 e. The quantitative estimate of drug-likeness (QED) is 0.640. The topological polar surface area (TPSA) is 105 Å². The Balaban J connectivity index is 1.51. The van der Waals surface area contributed by atoms with Crippen molar-refractivity contribution in [3.63, 3.8) is 0 Å². The molecule has 1 aliphatic heterocycles. The molecule has 162 valence electrons. The van der Waals surface area contributed by atoms with Gasteiger partial charge in [0.15, 0.2) is 6.61 Å². The summed E-state index contributed by atoms with van der Waals surface area (Å²) in [5.74, 6) is -2.98. The summed E-state index contributed by atoms with van der Waals surface area (Å²) >= 11 is 11.8. The van der Waals surface area contributed by atoms with Gasteiger partial charge < -0.3 is 10.1 Å². The summed E-state index contributed by atoms with van der Waals surface area (Å²) < 4.78 is 5.02. The molecule has 2 N–H and O–H groups in total. The fourth-order valence-electron chi connectivity index (χ4n) is 3.02. The minimum atomic E-state index is -0.799. The lowest BCUT2D eigenvalue weighted by Gasteiger charge is -2.18. The van der Waals surface area contributed by atoms with Crippen molar-refractivity contribution in [1.82, 2.24) is 10.4 Å². The van der Waals surface area contributed by atoms with E-state index in [0.29, 0.717) is 10.6 Å². The van der Waals surface area contributed by atoms with E-state index < -0.39 is 36.2 Å². The molecule has 0 unspecified atom stereocenters. The SMILES string of the molecule is Cc1ccccc1C(=O)NN1C[C@@H](C(=O)OCC(=O)Nc2cc(Cl)ccc2Cl)CC1=O. The van der Waals surface area contributed by atoms with Crippen molar-refractivity contribution >= 4 is 52.6 Å². The number of nitrogens with one attached hydrogen (secondary N) is 2. The number of nitrogens with zero attached hydrogens (tertiary/aromatic N) is 1. The number of hydrazine groups is 1. The molecule has 0 aliphatic carbocycles. The van der Waals surface area contributed by atoms with E-state index in [9.17, 15) is 19.2 Å². The molecular formula is C21H19Cl2N3O5. The number of esters is 1. The number of benzene rings is 2. The first-order chi connectivity index (χ1) is 14.7. The van der Waals surface area contributed by atoms with Crippen LogP contribution in [0.2, 0.25) is 10.0 Å². The Bertz CT molecular complexity index is 1040. The lowest BCUT2D eigenvalue weighted by atomic mass is 10.1. The Kier molecular flexibility index (Phi) is 7.14. The second kappa shape index (κ2) is 9.80. The summed E-state index contributed by atoms with van der Waals surface area (Å²) in [7, 11) is 0. The Morgan fingerprint density at radius 2 is 1.90 bits per heavy atom. The van der Waals surface area contributed by atoms with Crippen molar-refractivity contribution in [3.05, 3.63) is 63.6 Å². The van der Waals surface area contributed by atoms with Crippen LogP contribution in [-0.4, -0.2) is 41.9 Å². The van der Waals surface area contributed by atoms with Crippen molar-refractivity contribution in [3.8, 4) is 0 Å². The van der Waals surface area contributed by atoms with Crippen molar-refractivity contribution in [2.45, 2.75) is 13.3 Å². The van der Waals surface area contributed by atoms with Gasteiger partial charge in [0.25, 0.3) is 11.8 Å². The van der Waals surface area contributed by atoms with Gasteiger partial charge in [0.05, 0.1) is 23.2 Å². The molecule has 3 amide bonds. The number of amides is 3. The van der Waals surface area contributed by atoms with Crippen LogP contribution >= 0.6 is 23.2 Å². The van der Waals surface area contributed by atoms with E-state index in [0.717, 1.165) is 10.6 Å². The predicted octanol–water partition coefficient (Wildman–Crippen LogP) is 2.98. The van der Waals surface area contributed by atoms with Gasteiger partial charge in [-0.25, -0.2) is 0 Å². The van der Waals surface area contributed by atoms with Crippen molar-refractivity contribution < 1.29 is 23.9 Å². The van der Waals surface area contributed by atoms with Crippen molar-refractivity contribution in [2.24, 2.45) is 5.92 Å². The number of aryl methyl sites for hydroxylation is 1. The number of anilines is 1. The molecule has 0 bridgehead atoms. The standard InChI is InChI=1S/C21H19Cl2N3O5/c1-12-4-2-3-5-15(12)20(29)25-26-10-13(8-19(26)28)21(30)31-11-18(27)24-17-9-14(22)6-7-16(17)23/h2-7,9,13H,8,10-11H2,1H3,(H,24,27)(H,25,29)/t13-/m0/s1. The maximum atomic E-state index is 12.4. The van der Waals surface area contributed by atoms with Crippen LogP contribution in [0, 0.1) is 12.8 Å². The number of carbonyl (C=O) groups is 4. The van der Waals surface area contributed by atoms with Crippen LogP contribution in [0.3, 0.4) is 0 Å². The first-order valence-corrected chi connectivity index (χ1v) is 10.1. The molecule has 1 fully saturated rings. The van der Waals surface area contributed by atoms with E-state index in [-0.39, 0.29) is 23.7 Å². The zero-order chi connectivity index (χ0) is 22.5. The molecule has 8 nitrogen and oxygen atoms in total.